The predicted octanol–water partition coefficient (Wildman–Crippen LogP) is 2.16. The molecule has 1 aromatic rings. The number of amides is 2. The van der Waals surface area contributed by atoms with E-state index in [4.69, 9.17) is 0 Å². The summed E-state index contributed by atoms with van der Waals surface area (Å²) in [5.74, 6) is -0.307. The predicted molar refractivity (Wildman–Crippen MR) is 80.1 cm³/mol. The van der Waals surface area contributed by atoms with Gasteiger partial charge in [-0.05, 0) is 19.4 Å². The third kappa shape index (κ3) is 5.03. The fraction of sp³-hybridized carbons (Fsp3) is 0.500. The van der Waals surface area contributed by atoms with Crippen molar-refractivity contribution in [2.75, 3.05) is 0 Å². The van der Waals surface area contributed by atoms with Gasteiger partial charge in [0.25, 0.3) is 0 Å². The lowest BCUT2D eigenvalue weighted by atomic mass is 9.95. The van der Waals surface area contributed by atoms with Crippen molar-refractivity contribution in [3.8, 4) is 0 Å². The standard InChI is InChI=1S/C16H24N2O2/c1-11-6-8-13(9-7-11)10-17-14(19)12(2)18-15(20)16(3,4)5/h6-9,12H,10H2,1-5H3,(H,17,19)(H,18,20). The summed E-state index contributed by atoms with van der Waals surface area (Å²) in [6, 6.07) is 7.44. The molecule has 1 atom stereocenters. The minimum absolute atomic E-state index is 0.129. The van der Waals surface area contributed by atoms with E-state index in [2.05, 4.69) is 10.6 Å². The summed E-state index contributed by atoms with van der Waals surface area (Å²) in [6.07, 6.45) is 0. The highest BCUT2D eigenvalue weighted by Crippen LogP contribution is 2.12. The van der Waals surface area contributed by atoms with E-state index in [-0.39, 0.29) is 11.8 Å². The maximum absolute atomic E-state index is 11.9. The van der Waals surface area contributed by atoms with Crippen LogP contribution in [0.5, 0.6) is 0 Å². The lowest BCUT2D eigenvalue weighted by Gasteiger charge is -2.21. The van der Waals surface area contributed by atoms with Gasteiger partial charge in [0.05, 0.1) is 0 Å². The van der Waals surface area contributed by atoms with Gasteiger partial charge >= 0.3 is 0 Å². The highest BCUT2D eigenvalue weighted by Gasteiger charge is 2.24. The molecule has 0 aliphatic heterocycles. The molecule has 110 valence electrons. The van der Waals surface area contributed by atoms with E-state index in [1.54, 1.807) is 6.92 Å². The van der Waals surface area contributed by atoms with Crippen LogP contribution in [0.25, 0.3) is 0 Å². The van der Waals surface area contributed by atoms with Gasteiger partial charge in [-0.15, -0.1) is 0 Å². The Balaban J connectivity index is 2.46. The third-order valence-electron chi connectivity index (χ3n) is 3.01. The van der Waals surface area contributed by atoms with Crippen LogP contribution in [0.2, 0.25) is 0 Å². The molecule has 0 heterocycles. The molecule has 4 heteroatoms. The van der Waals surface area contributed by atoms with Crippen LogP contribution in [0.1, 0.15) is 38.8 Å². The molecule has 0 saturated carbocycles. The second-order valence-corrected chi connectivity index (χ2v) is 6.15. The van der Waals surface area contributed by atoms with Gasteiger partial charge in [-0.25, -0.2) is 0 Å². The summed E-state index contributed by atoms with van der Waals surface area (Å²) in [5.41, 5.74) is 1.73. The Morgan fingerprint density at radius 3 is 2.20 bits per heavy atom. The summed E-state index contributed by atoms with van der Waals surface area (Å²) in [4.78, 5) is 23.7. The molecule has 0 aromatic heterocycles. The summed E-state index contributed by atoms with van der Waals surface area (Å²) >= 11 is 0. The van der Waals surface area contributed by atoms with E-state index in [0.29, 0.717) is 6.54 Å². The smallest absolute Gasteiger partial charge is 0.242 e. The summed E-state index contributed by atoms with van der Waals surface area (Å²) in [6.45, 7) is 9.63. The fourth-order valence-corrected chi connectivity index (χ4v) is 1.53. The molecular formula is C16H24N2O2. The normalized spacial score (nSPS) is 12.7. The molecular weight excluding hydrogens is 252 g/mol. The first kappa shape index (κ1) is 16.2. The number of hydrogen-bond acceptors (Lipinski definition) is 2. The number of nitrogens with one attached hydrogen (secondary N) is 2. The van der Waals surface area contributed by atoms with Crippen LogP contribution in [0.4, 0.5) is 0 Å². The van der Waals surface area contributed by atoms with Crippen LogP contribution in [-0.2, 0) is 16.1 Å². The van der Waals surface area contributed by atoms with Crippen molar-refractivity contribution >= 4 is 11.8 Å². The molecule has 0 radical (unpaired) electrons. The first-order valence-corrected chi connectivity index (χ1v) is 6.84. The van der Waals surface area contributed by atoms with Crippen LogP contribution in [-0.4, -0.2) is 17.9 Å². The van der Waals surface area contributed by atoms with Crippen molar-refractivity contribution in [2.45, 2.75) is 47.2 Å². The van der Waals surface area contributed by atoms with E-state index < -0.39 is 11.5 Å². The van der Waals surface area contributed by atoms with Crippen molar-refractivity contribution in [2.24, 2.45) is 5.41 Å². The molecule has 2 amide bonds. The zero-order chi connectivity index (χ0) is 15.3. The highest BCUT2D eigenvalue weighted by atomic mass is 16.2. The van der Waals surface area contributed by atoms with Gasteiger partial charge in [0, 0.05) is 12.0 Å². The lowest BCUT2D eigenvalue weighted by molar-refractivity contribution is -0.133. The topological polar surface area (TPSA) is 58.2 Å². The molecule has 0 bridgehead atoms. The molecule has 0 saturated heterocycles. The van der Waals surface area contributed by atoms with E-state index >= 15 is 0 Å². The maximum Gasteiger partial charge on any atom is 0.242 e. The van der Waals surface area contributed by atoms with Gasteiger partial charge in [0.15, 0.2) is 0 Å². The second-order valence-electron chi connectivity index (χ2n) is 6.15. The molecule has 0 fully saturated rings. The van der Waals surface area contributed by atoms with Crippen LogP contribution in [0.3, 0.4) is 0 Å². The average molecular weight is 276 g/mol. The number of aryl methyl sites for hydroxylation is 1. The largest absolute Gasteiger partial charge is 0.350 e. The summed E-state index contributed by atoms with van der Waals surface area (Å²) in [5, 5.41) is 5.54. The Bertz CT molecular complexity index is 472. The van der Waals surface area contributed by atoms with E-state index in [1.807, 2.05) is 52.0 Å². The summed E-state index contributed by atoms with van der Waals surface area (Å²) < 4.78 is 0. The van der Waals surface area contributed by atoms with Crippen molar-refractivity contribution in [3.05, 3.63) is 35.4 Å². The molecule has 0 aliphatic carbocycles. The Morgan fingerprint density at radius 1 is 1.15 bits per heavy atom. The average Bonchev–Trinajstić information content (AvgIpc) is 2.36. The molecule has 2 N–H and O–H groups in total. The zero-order valence-electron chi connectivity index (χ0n) is 12.9. The molecule has 0 aliphatic rings. The quantitative estimate of drug-likeness (QED) is 0.885. The minimum Gasteiger partial charge on any atom is -0.350 e. The number of hydrogen-bond donors (Lipinski definition) is 2. The highest BCUT2D eigenvalue weighted by molar-refractivity contribution is 5.89. The van der Waals surface area contributed by atoms with Gasteiger partial charge in [0.2, 0.25) is 11.8 Å². The Kier molecular flexibility index (Phi) is 5.31. The minimum atomic E-state index is -0.535. The van der Waals surface area contributed by atoms with Crippen molar-refractivity contribution < 1.29 is 9.59 Å². The first-order valence-electron chi connectivity index (χ1n) is 6.84. The fourth-order valence-electron chi connectivity index (χ4n) is 1.53. The lowest BCUT2D eigenvalue weighted by Crippen LogP contribution is -2.48. The van der Waals surface area contributed by atoms with Crippen molar-refractivity contribution in [3.63, 3.8) is 0 Å². The molecule has 20 heavy (non-hydrogen) atoms. The molecule has 1 aromatic carbocycles. The Labute approximate surface area is 121 Å². The summed E-state index contributed by atoms with van der Waals surface area (Å²) in [7, 11) is 0. The van der Waals surface area contributed by atoms with Gasteiger partial charge in [-0.3, -0.25) is 9.59 Å². The van der Waals surface area contributed by atoms with Crippen LogP contribution in [0.15, 0.2) is 24.3 Å². The van der Waals surface area contributed by atoms with E-state index in [9.17, 15) is 9.59 Å². The molecule has 4 nitrogen and oxygen atoms in total. The molecule has 1 rings (SSSR count). The molecule has 1 unspecified atom stereocenters. The van der Waals surface area contributed by atoms with Crippen molar-refractivity contribution in [1.82, 2.24) is 10.6 Å². The second kappa shape index (κ2) is 6.55. The van der Waals surface area contributed by atoms with Crippen LogP contribution < -0.4 is 10.6 Å². The maximum atomic E-state index is 11.9. The number of carbonyl (C=O) groups is 2. The Morgan fingerprint density at radius 2 is 1.70 bits per heavy atom. The van der Waals surface area contributed by atoms with Gasteiger partial charge in [0.1, 0.15) is 6.04 Å². The van der Waals surface area contributed by atoms with Gasteiger partial charge < -0.3 is 10.6 Å². The van der Waals surface area contributed by atoms with E-state index in [1.165, 1.54) is 5.56 Å². The van der Waals surface area contributed by atoms with Crippen molar-refractivity contribution in [1.29, 1.82) is 0 Å². The Hall–Kier alpha value is -1.84. The number of rotatable bonds is 4. The zero-order valence-corrected chi connectivity index (χ0v) is 12.9. The molecule has 0 spiro atoms. The SMILES string of the molecule is Cc1ccc(CNC(=O)C(C)NC(=O)C(C)(C)C)cc1. The number of benzene rings is 1. The van der Waals surface area contributed by atoms with E-state index in [0.717, 1.165) is 5.56 Å². The first-order chi connectivity index (χ1) is 9.20. The van der Waals surface area contributed by atoms with Gasteiger partial charge in [-0.2, -0.15) is 0 Å². The monoisotopic (exact) mass is 276 g/mol. The third-order valence-corrected chi connectivity index (χ3v) is 3.01. The van der Waals surface area contributed by atoms with Gasteiger partial charge in [-0.1, -0.05) is 50.6 Å². The van der Waals surface area contributed by atoms with Crippen LogP contribution in [0, 0.1) is 12.3 Å². The number of carbonyl (C=O) groups excluding carboxylic acids is 2. The van der Waals surface area contributed by atoms with Crippen LogP contribution >= 0.6 is 0 Å².